The van der Waals surface area contributed by atoms with E-state index in [-0.39, 0.29) is 36.6 Å². The van der Waals surface area contributed by atoms with Gasteiger partial charge in [0.15, 0.2) is 11.6 Å². The van der Waals surface area contributed by atoms with Gasteiger partial charge in [-0.25, -0.2) is 4.98 Å². The van der Waals surface area contributed by atoms with Gasteiger partial charge in [0.1, 0.15) is 0 Å². The highest BCUT2D eigenvalue weighted by molar-refractivity contribution is 5.95. The summed E-state index contributed by atoms with van der Waals surface area (Å²) < 4.78 is 5.36. The van der Waals surface area contributed by atoms with Crippen LogP contribution in [0.15, 0.2) is 41.0 Å². The van der Waals surface area contributed by atoms with Gasteiger partial charge in [-0.1, -0.05) is 6.42 Å². The molecule has 0 unspecified atom stereocenters. The number of fused-ring (bicyclic) bond motifs is 1. The molecule has 4 N–H and O–H groups in total. The van der Waals surface area contributed by atoms with Crippen LogP contribution in [0, 0.1) is 11.8 Å². The van der Waals surface area contributed by atoms with Crippen LogP contribution in [0.2, 0.25) is 0 Å². The number of nitrogens with zero attached hydrogens (tertiary/aromatic N) is 1. The van der Waals surface area contributed by atoms with Crippen molar-refractivity contribution in [2.75, 3.05) is 11.9 Å². The molecule has 140 valence electrons. The van der Waals surface area contributed by atoms with E-state index in [2.05, 4.69) is 15.3 Å². The number of anilines is 1. The van der Waals surface area contributed by atoms with Gasteiger partial charge in [0.25, 0.3) is 0 Å². The predicted molar refractivity (Wildman–Crippen MR) is 107 cm³/mol. The molecule has 2 heterocycles. The average molecular weight is 397 g/mol. The van der Waals surface area contributed by atoms with E-state index in [1.807, 2.05) is 30.3 Å². The Bertz CT molecular complexity index is 863. The second-order valence-electron chi connectivity index (χ2n) is 6.32. The first kappa shape index (κ1) is 20.3. The van der Waals surface area contributed by atoms with Gasteiger partial charge in [-0.15, -0.1) is 24.8 Å². The fourth-order valence-corrected chi connectivity index (χ4v) is 3.52. The van der Waals surface area contributed by atoms with Crippen LogP contribution in [0.25, 0.3) is 22.6 Å². The Hall–Kier alpha value is -2.02. The highest BCUT2D eigenvalue weighted by atomic mass is 35.5. The maximum atomic E-state index is 12.5. The highest BCUT2D eigenvalue weighted by Crippen LogP contribution is 2.32. The molecule has 0 spiro atoms. The zero-order valence-corrected chi connectivity index (χ0v) is 15.7. The Morgan fingerprint density at radius 2 is 2.15 bits per heavy atom. The molecule has 26 heavy (non-hydrogen) atoms. The average Bonchev–Trinajstić information content (AvgIpc) is 3.32. The third-order valence-corrected chi connectivity index (χ3v) is 4.80. The summed E-state index contributed by atoms with van der Waals surface area (Å²) in [5.74, 6) is 1.75. The van der Waals surface area contributed by atoms with Gasteiger partial charge < -0.3 is 20.5 Å². The van der Waals surface area contributed by atoms with E-state index in [9.17, 15) is 4.79 Å². The molecule has 1 aromatic carbocycles. The first-order valence-electron chi connectivity index (χ1n) is 8.29. The predicted octanol–water partition coefficient (Wildman–Crippen LogP) is 3.98. The molecule has 0 aliphatic heterocycles. The van der Waals surface area contributed by atoms with Crippen LogP contribution in [0.5, 0.6) is 0 Å². The van der Waals surface area contributed by atoms with E-state index in [4.69, 9.17) is 10.2 Å². The number of halogens is 2. The van der Waals surface area contributed by atoms with Crippen LogP contribution >= 0.6 is 24.8 Å². The molecule has 1 amide bonds. The molecule has 1 aliphatic rings. The first-order chi connectivity index (χ1) is 11.7. The van der Waals surface area contributed by atoms with E-state index >= 15 is 0 Å². The minimum absolute atomic E-state index is 0. The molecule has 4 rings (SSSR count). The lowest BCUT2D eigenvalue weighted by molar-refractivity contribution is -0.120. The largest absolute Gasteiger partial charge is 0.461 e. The second kappa shape index (κ2) is 8.58. The van der Waals surface area contributed by atoms with E-state index in [1.54, 1.807) is 6.26 Å². The van der Waals surface area contributed by atoms with Crippen molar-refractivity contribution in [2.24, 2.45) is 17.6 Å². The number of hydrogen-bond donors (Lipinski definition) is 3. The van der Waals surface area contributed by atoms with Crippen LogP contribution in [0.4, 0.5) is 5.69 Å². The molecule has 2 atom stereocenters. The SMILES string of the molecule is Cl.Cl.NC[C@H]1CCC[C@H]1C(=O)Nc1ccc2nc(-c3ccco3)[nH]c2c1. The smallest absolute Gasteiger partial charge is 0.227 e. The van der Waals surface area contributed by atoms with Gasteiger partial charge >= 0.3 is 0 Å². The van der Waals surface area contributed by atoms with Crippen molar-refractivity contribution in [3.8, 4) is 11.6 Å². The molecule has 1 saturated carbocycles. The lowest BCUT2D eigenvalue weighted by atomic mass is 9.95. The van der Waals surface area contributed by atoms with Gasteiger partial charge in [0.05, 0.1) is 17.3 Å². The summed E-state index contributed by atoms with van der Waals surface area (Å²) in [5, 5.41) is 3.02. The lowest BCUT2D eigenvalue weighted by Crippen LogP contribution is -2.29. The molecule has 8 heteroatoms. The van der Waals surface area contributed by atoms with E-state index in [0.29, 0.717) is 24.0 Å². The summed E-state index contributed by atoms with van der Waals surface area (Å²) in [6.07, 6.45) is 4.65. The number of furan rings is 1. The van der Waals surface area contributed by atoms with E-state index in [0.717, 1.165) is 36.0 Å². The zero-order chi connectivity index (χ0) is 16.5. The Morgan fingerprint density at radius 3 is 2.88 bits per heavy atom. The van der Waals surface area contributed by atoms with Crippen LogP contribution in [0.1, 0.15) is 19.3 Å². The first-order valence-corrected chi connectivity index (χ1v) is 8.29. The Morgan fingerprint density at radius 1 is 1.31 bits per heavy atom. The fourth-order valence-electron chi connectivity index (χ4n) is 3.52. The molecule has 0 saturated heterocycles. The number of carbonyl (C=O) groups excluding carboxylic acids is 1. The molecule has 3 aromatic rings. The molecule has 0 radical (unpaired) electrons. The van der Waals surface area contributed by atoms with Gasteiger partial charge in [0.2, 0.25) is 5.91 Å². The van der Waals surface area contributed by atoms with Gasteiger partial charge in [-0.2, -0.15) is 0 Å². The van der Waals surface area contributed by atoms with Crippen molar-refractivity contribution in [3.63, 3.8) is 0 Å². The normalized spacial score (nSPS) is 19.0. The molecular formula is C18H22Cl2N4O2. The molecule has 6 nitrogen and oxygen atoms in total. The summed E-state index contributed by atoms with van der Waals surface area (Å²) >= 11 is 0. The fraction of sp³-hybridized carbons (Fsp3) is 0.333. The minimum atomic E-state index is 0. The molecule has 0 bridgehead atoms. The van der Waals surface area contributed by atoms with Crippen molar-refractivity contribution in [3.05, 3.63) is 36.6 Å². The number of nitrogens with one attached hydrogen (secondary N) is 2. The maximum Gasteiger partial charge on any atom is 0.227 e. The number of rotatable bonds is 4. The second-order valence-corrected chi connectivity index (χ2v) is 6.32. The number of benzene rings is 1. The Kier molecular flexibility index (Phi) is 6.69. The van der Waals surface area contributed by atoms with E-state index in [1.165, 1.54) is 0 Å². The monoisotopic (exact) mass is 396 g/mol. The summed E-state index contributed by atoms with van der Waals surface area (Å²) in [7, 11) is 0. The summed E-state index contributed by atoms with van der Waals surface area (Å²) in [5.41, 5.74) is 8.24. The third kappa shape index (κ3) is 3.87. The highest BCUT2D eigenvalue weighted by Gasteiger charge is 2.31. The van der Waals surface area contributed by atoms with Crippen LogP contribution in [-0.4, -0.2) is 22.4 Å². The number of hydrogen-bond acceptors (Lipinski definition) is 4. The number of amides is 1. The van der Waals surface area contributed by atoms with Crippen molar-refractivity contribution in [1.29, 1.82) is 0 Å². The van der Waals surface area contributed by atoms with Crippen LogP contribution < -0.4 is 11.1 Å². The van der Waals surface area contributed by atoms with Crippen molar-refractivity contribution < 1.29 is 9.21 Å². The number of aromatic amines is 1. The number of imidazole rings is 1. The number of carbonyl (C=O) groups is 1. The minimum Gasteiger partial charge on any atom is -0.461 e. The number of aromatic nitrogens is 2. The Labute approximate surface area is 163 Å². The van der Waals surface area contributed by atoms with Gasteiger partial charge in [-0.3, -0.25) is 4.79 Å². The Balaban J connectivity index is 0.00000121. The van der Waals surface area contributed by atoms with Crippen molar-refractivity contribution in [1.82, 2.24) is 9.97 Å². The lowest BCUT2D eigenvalue weighted by Gasteiger charge is -2.17. The van der Waals surface area contributed by atoms with Crippen molar-refractivity contribution >= 4 is 47.4 Å². The number of nitrogens with two attached hydrogens (primary N) is 1. The summed E-state index contributed by atoms with van der Waals surface area (Å²) in [6.45, 7) is 0.574. The van der Waals surface area contributed by atoms with Gasteiger partial charge in [0, 0.05) is 11.6 Å². The van der Waals surface area contributed by atoms with E-state index < -0.39 is 0 Å². The maximum absolute atomic E-state index is 12.5. The van der Waals surface area contributed by atoms with Crippen molar-refractivity contribution in [2.45, 2.75) is 19.3 Å². The quantitative estimate of drug-likeness (QED) is 0.620. The summed E-state index contributed by atoms with van der Waals surface area (Å²) in [6, 6.07) is 9.35. The molecular weight excluding hydrogens is 375 g/mol. The van der Waals surface area contributed by atoms with Crippen LogP contribution in [-0.2, 0) is 4.79 Å². The van der Waals surface area contributed by atoms with Crippen LogP contribution in [0.3, 0.4) is 0 Å². The standard InChI is InChI=1S/C18H20N4O2.2ClH/c19-10-11-3-1-4-13(11)18(23)20-12-6-7-14-15(9-12)22-17(21-14)16-5-2-8-24-16;;/h2,5-9,11,13H,1,3-4,10,19H2,(H,20,23)(H,21,22);2*1H/t11-,13-;;/m1../s1. The topological polar surface area (TPSA) is 96.9 Å². The molecule has 1 aliphatic carbocycles. The number of H-pyrrole nitrogens is 1. The molecule has 1 fully saturated rings. The summed E-state index contributed by atoms with van der Waals surface area (Å²) in [4.78, 5) is 20.2. The third-order valence-electron chi connectivity index (χ3n) is 4.80. The molecule has 2 aromatic heterocycles. The zero-order valence-electron chi connectivity index (χ0n) is 14.1. The van der Waals surface area contributed by atoms with Gasteiger partial charge in [-0.05, 0) is 55.6 Å².